The second kappa shape index (κ2) is 8.74. The van der Waals surface area contributed by atoms with E-state index in [0.29, 0.717) is 0 Å². The maximum atomic E-state index is 5.49. The van der Waals surface area contributed by atoms with Crippen LogP contribution in [0.5, 0.6) is 0 Å². The molecule has 3 N–H and O–H groups in total. The van der Waals surface area contributed by atoms with Crippen molar-refractivity contribution in [1.82, 2.24) is 5.43 Å². The van der Waals surface area contributed by atoms with Crippen LogP contribution in [0, 0.1) is 0 Å². The van der Waals surface area contributed by atoms with Gasteiger partial charge < -0.3 is 5.73 Å². The molecule has 26 heavy (non-hydrogen) atoms. The molecule has 0 spiro atoms. The highest BCUT2D eigenvalue weighted by Gasteiger charge is 2.00. The molecule has 3 rings (SSSR count). The van der Waals surface area contributed by atoms with E-state index in [1.54, 1.807) is 0 Å². The summed E-state index contributed by atoms with van der Waals surface area (Å²) < 4.78 is 0. The monoisotopic (exact) mass is 357 g/mol. The van der Waals surface area contributed by atoms with Crippen LogP contribution in [-0.2, 0) is 0 Å². The lowest BCUT2D eigenvalue weighted by molar-refractivity contribution is 1.03. The molecule has 0 aromatic heterocycles. The Morgan fingerprint density at radius 2 is 1.38 bits per heavy atom. The Morgan fingerprint density at radius 3 is 2.00 bits per heavy atom. The molecule has 0 heterocycles. The van der Waals surface area contributed by atoms with Crippen LogP contribution in [0.4, 0.5) is 0 Å². The van der Waals surface area contributed by atoms with Gasteiger partial charge in [-0.2, -0.15) is 5.10 Å². The van der Waals surface area contributed by atoms with Crippen molar-refractivity contribution < 1.29 is 0 Å². The maximum absolute atomic E-state index is 5.49. The minimum atomic E-state index is 0.138. The zero-order valence-electron chi connectivity index (χ0n) is 14.2. The summed E-state index contributed by atoms with van der Waals surface area (Å²) in [6, 6.07) is 28.6. The average Bonchev–Trinajstić information content (AvgIpc) is 2.69. The summed E-state index contributed by atoms with van der Waals surface area (Å²) in [6.45, 7) is 0. The number of hydrazone groups is 1. The van der Waals surface area contributed by atoms with Crippen molar-refractivity contribution in [3.05, 3.63) is 102 Å². The molecule has 4 heteroatoms. The predicted molar refractivity (Wildman–Crippen MR) is 114 cm³/mol. The summed E-state index contributed by atoms with van der Waals surface area (Å²) >= 11 is 4.84. The summed E-state index contributed by atoms with van der Waals surface area (Å²) in [5.74, 6) is 0. The number of allylic oxidation sites excluding steroid dienone is 1. The van der Waals surface area contributed by atoms with Crippen LogP contribution >= 0.6 is 12.2 Å². The molecule has 3 nitrogen and oxygen atoms in total. The first-order valence-electron chi connectivity index (χ1n) is 8.24. The minimum absolute atomic E-state index is 0.138. The maximum Gasteiger partial charge on any atom is 0.184 e. The molecule has 0 amide bonds. The standard InChI is InChI=1S/C22H19N3S/c23-22(26)25-24-21(20-9-5-2-6-10-20)16-13-17-11-14-19(15-12-17)18-7-3-1-4-8-18/h1-16H,(H3,23,25,26)/b16-13+,24-21-. The van der Waals surface area contributed by atoms with Gasteiger partial charge in [0.25, 0.3) is 0 Å². The number of thiocarbonyl (C=S) groups is 1. The van der Waals surface area contributed by atoms with Crippen molar-refractivity contribution in [3.63, 3.8) is 0 Å². The Balaban J connectivity index is 1.81. The van der Waals surface area contributed by atoms with E-state index in [-0.39, 0.29) is 5.11 Å². The van der Waals surface area contributed by atoms with Crippen LogP contribution in [-0.4, -0.2) is 10.8 Å². The Kier molecular flexibility index (Phi) is 5.91. The summed E-state index contributed by atoms with van der Waals surface area (Å²) in [7, 11) is 0. The molecular formula is C22H19N3S. The molecule has 0 atom stereocenters. The first kappa shape index (κ1) is 17.6. The molecule has 0 aliphatic carbocycles. The third kappa shape index (κ3) is 4.88. The molecule has 0 unspecified atom stereocenters. The van der Waals surface area contributed by atoms with Crippen LogP contribution in [0.15, 0.2) is 96.1 Å². The second-order valence-electron chi connectivity index (χ2n) is 5.66. The number of hydrogen-bond acceptors (Lipinski definition) is 2. The van der Waals surface area contributed by atoms with E-state index < -0.39 is 0 Å². The van der Waals surface area contributed by atoms with Gasteiger partial charge in [0.05, 0.1) is 5.71 Å². The SMILES string of the molecule is NC(=S)N/N=C(/C=C/c1ccc(-c2ccccc2)cc1)c1ccccc1. The Labute approximate surface area is 158 Å². The molecule has 128 valence electrons. The van der Waals surface area contributed by atoms with Crippen molar-refractivity contribution in [2.45, 2.75) is 0 Å². The topological polar surface area (TPSA) is 50.4 Å². The number of nitrogens with two attached hydrogens (primary N) is 1. The third-order valence-electron chi connectivity index (χ3n) is 3.81. The highest BCUT2D eigenvalue weighted by Crippen LogP contribution is 2.19. The Bertz CT molecular complexity index is 915. The van der Waals surface area contributed by atoms with E-state index in [4.69, 9.17) is 18.0 Å². The van der Waals surface area contributed by atoms with Gasteiger partial charge in [0.1, 0.15) is 0 Å². The quantitative estimate of drug-likeness (QED) is 0.398. The van der Waals surface area contributed by atoms with Gasteiger partial charge in [-0.1, -0.05) is 91.0 Å². The first-order valence-corrected chi connectivity index (χ1v) is 8.65. The van der Waals surface area contributed by atoms with Gasteiger partial charge >= 0.3 is 0 Å². The summed E-state index contributed by atoms with van der Waals surface area (Å²) in [5.41, 5.74) is 13.4. The van der Waals surface area contributed by atoms with Gasteiger partial charge in [-0.15, -0.1) is 0 Å². The average molecular weight is 357 g/mol. The fourth-order valence-electron chi connectivity index (χ4n) is 2.51. The van der Waals surface area contributed by atoms with E-state index >= 15 is 0 Å². The third-order valence-corrected chi connectivity index (χ3v) is 3.90. The van der Waals surface area contributed by atoms with E-state index in [1.807, 2.05) is 60.7 Å². The molecule has 0 aliphatic heterocycles. The van der Waals surface area contributed by atoms with Crippen molar-refractivity contribution in [2.75, 3.05) is 0 Å². The van der Waals surface area contributed by atoms with E-state index in [2.05, 4.69) is 46.9 Å². The second-order valence-corrected chi connectivity index (χ2v) is 6.10. The van der Waals surface area contributed by atoms with Crippen LogP contribution < -0.4 is 11.2 Å². The fraction of sp³-hybridized carbons (Fsp3) is 0. The van der Waals surface area contributed by atoms with Gasteiger partial charge in [-0.05, 0) is 35.0 Å². The molecule has 0 bridgehead atoms. The smallest absolute Gasteiger partial charge is 0.184 e. The fourth-order valence-corrected chi connectivity index (χ4v) is 2.56. The molecule has 0 saturated heterocycles. The van der Waals surface area contributed by atoms with Gasteiger partial charge in [-0.25, -0.2) is 0 Å². The van der Waals surface area contributed by atoms with Crippen molar-refractivity contribution >= 4 is 29.1 Å². The zero-order chi connectivity index (χ0) is 18.2. The van der Waals surface area contributed by atoms with Crippen molar-refractivity contribution in [2.24, 2.45) is 10.8 Å². The molecule has 0 fully saturated rings. The van der Waals surface area contributed by atoms with E-state index in [0.717, 1.165) is 16.8 Å². The summed E-state index contributed by atoms with van der Waals surface area (Å²) in [6.07, 6.45) is 3.96. The number of benzene rings is 3. The highest BCUT2D eigenvalue weighted by atomic mass is 32.1. The van der Waals surface area contributed by atoms with Crippen molar-refractivity contribution in [3.8, 4) is 11.1 Å². The Hall–Kier alpha value is -3.24. The van der Waals surface area contributed by atoms with Gasteiger partial charge in [0.2, 0.25) is 0 Å². The molecule has 0 saturated carbocycles. The van der Waals surface area contributed by atoms with E-state index in [1.165, 1.54) is 11.1 Å². The number of hydrogen-bond donors (Lipinski definition) is 2. The Morgan fingerprint density at radius 1 is 0.808 bits per heavy atom. The minimum Gasteiger partial charge on any atom is -0.375 e. The molecule has 0 radical (unpaired) electrons. The predicted octanol–water partition coefficient (Wildman–Crippen LogP) is 4.60. The lowest BCUT2D eigenvalue weighted by Crippen LogP contribution is -2.25. The van der Waals surface area contributed by atoms with Gasteiger partial charge in [0.15, 0.2) is 5.11 Å². The van der Waals surface area contributed by atoms with Crippen LogP contribution in [0.1, 0.15) is 11.1 Å². The van der Waals surface area contributed by atoms with Crippen LogP contribution in [0.2, 0.25) is 0 Å². The first-order chi connectivity index (χ1) is 12.7. The lowest BCUT2D eigenvalue weighted by atomic mass is 10.0. The number of nitrogens with zero attached hydrogens (tertiary/aromatic N) is 1. The van der Waals surface area contributed by atoms with Gasteiger partial charge in [-0.3, -0.25) is 5.43 Å². The summed E-state index contributed by atoms with van der Waals surface area (Å²) in [5, 5.41) is 4.43. The summed E-state index contributed by atoms with van der Waals surface area (Å²) in [4.78, 5) is 0. The normalized spacial score (nSPS) is 11.5. The van der Waals surface area contributed by atoms with Crippen molar-refractivity contribution in [1.29, 1.82) is 0 Å². The molecular weight excluding hydrogens is 338 g/mol. The molecule has 3 aromatic carbocycles. The highest BCUT2D eigenvalue weighted by molar-refractivity contribution is 7.80. The zero-order valence-corrected chi connectivity index (χ0v) is 15.0. The van der Waals surface area contributed by atoms with Crippen LogP contribution in [0.25, 0.3) is 17.2 Å². The number of rotatable bonds is 5. The molecule has 3 aromatic rings. The lowest BCUT2D eigenvalue weighted by Gasteiger charge is -2.04. The molecule has 0 aliphatic rings. The van der Waals surface area contributed by atoms with E-state index in [9.17, 15) is 0 Å². The largest absolute Gasteiger partial charge is 0.375 e. The van der Waals surface area contributed by atoms with Gasteiger partial charge in [0, 0.05) is 5.56 Å². The number of nitrogens with one attached hydrogen (secondary N) is 1. The van der Waals surface area contributed by atoms with Crippen LogP contribution in [0.3, 0.4) is 0 Å².